The minimum absolute atomic E-state index is 0.0160. The highest BCUT2D eigenvalue weighted by atomic mass is 19.3. The van der Waals surface area contributed by atoms with Gasteiger partial charge in [-0.05, 0) is 57.2 Å². The smallest absolute Gasteiger partial charge is 0.255 e. The lowest BCUT2D eigenvalue weighted by molar-refractivity contribution is -0.194. The summed E-state index contributed by atoms with van der Waals surface area (Å²) >= 11 is 0. The Labute approximate surface area is 211 Å². The van der Waals surface area contributed by atoms with Crippen molar-refractivity contribution in [3.8, 4) is 6.07 Å². The summed E-state index contributed by atoms with van der Waals surface area (Å²) in [4.78, 5) is 40.0. The van der Waals surface area contributed by atoms with Crippen molar-refractivity contribution in [2.75, 3.05) is 11.9 Å². The van der Waals surface area contributed by atoms with E-state index in [9.17, 15) is 37.2 Å². The van der Waals surface area contributed by atoms with Crippen molar-refractivity contribution in [1.29, 1.82) is 5.26 Å². The normalized spacial score (nSPS) is 28.0. The van der Waals surface area contributed by atoms with E-state index in [1.165, 1.54) is 6.92 Å². The SMILES string of the molecule is C[C@@H](Nc1cc(F)ccc1F)C(=O)N1[C@H]2CC[C@@H]([C@@H]1C(=O)N[C@@H](C#N)C[C@H]1CCCNC1=O)C(F)(F)C2. The fraction of sp³-hybridized carbons (Fsp3) is 0.600. The molecule has 8 nitrogen and oxygen atoms in total. The lowest BCUT2D eigenvalue weighted by Crippen LogP contribution is -2.70. The van der Waals surface area contributed by atoms with Crippen LogP contribution in [0.4, 0.5) is 23.2 Å². The monoisotopic (exact) mass is 523 g/mol. The summed E-state index contributed by atoms with van der Waals surface area (Å²) in [5, 5.41) is 17.4. The molecule has 1 aliphatic carbocycles. The molecule has 200 valence electrons. The molecule has 1 aromatic rings. The minimum atomic E-state index is -3.20. The van der Waals surface area contributed by atoms with Crippen molar-refractivity contribution in [3.05, 3.63) is 29.8 Å². The topological polar surface area (TPSA) is 114 Å². The Hall–Kier alpha value is -3.36. The Balaban J connectivity index is 1.54. The van der Waals surface area contributed by atoms with E-state index in [2.05, 4.69) is 16.0 Å². The number of nitrogens with one attached hydrogen (secondary N) is 3. The molecule has 1 saturated carbocycles. The fourth-order valence-electron chi connectivity index (χ4n) is 5.70. The van der Waals surface area contributed by atoms with Gasteiger partial charge in [-0.3, -0.25) is 14.4 Å². The Morgan fingerprint density at radius 2 is 2.03 bits per heavy atom. The number of hydrogen-bond donors (Lipinski definition) is 3. The Morgan fingerprint density at radius 1 is 1.27 bits per heavy atom. The van der Waals surface area contributed by atoms with Crippen LogP contribution in [0.15, 0.2) is 18.2 Å². The molecule has 1 aromatic carbocycles. The van der Waals surface area contributed by atoms with E-state index in [0.717, 1.165) is 29.5 Å². The zero-order valence-electron chi connectivity index (χ0n) is 20.3. The molecule has 0 spiro atoms. The number of anilines is 1. The fourth-order valence-corrected chi connectivity index (χ4v) is 5.70. The third kappa shape index (κ3) is 5.50. The van der Waals surface area contributed by atoms with E-state index in [1.54, 1.807) is 0 Å². The number of alkyl halides is 2. The van der Waals surface area contributed by atoms with Crippen LogP contribution in [-0.2, 0) is 14.4 Å². The maximum absolute atomic E-state index is 14.9. The zero-order chi connectivity index (χ0) is 26.9. The van der Waals surface area contributed by atoms with Gasteiger partial charge in [-0.15, -0.1) is 0 Å². The van der Waals surface area contributed by atoms with Crippen LogP contribution in [0.2, 0.25) is 0 Å². The van der Waals surface area contributed by atoms with Crippen LogP contribution < -0.4 is 16.0 Å². The summed E-state index contributed by atoms with van der Waals surface area (Å²) < 4.78 is 57.5. The number of amides is 3. The standard InChI is InChI=1S/C25H29F4N5O3/c1-13(32-20-10-15(26)4-7-19(20)27)24(37)34-17-5-6-18(25(28,29)11-17)21(34)23(36)33-16(12-30)9-14-3-2-8-31-22(14)35/h4,7,10,13-14,16-18,21,32H,2-3,5-6,8-9,11H2,1H3,(H,31,35)(H,33,36)/t13-,14-,16-,17+,18+,21-/m1/s1. The number of halogens is 4. The number of fused-ring (bicyclic) bond motifs is 3. The molecule has 3 amide bonds. The maximum Gasteiger partial charge on any atom is 0.255 e. The van der Waals surface area contributed by atoms with Gasteiger partial charge in [0.15, 0.2) is 0 Å². The molecule has 5 rings (SSSR count). The summed E-state index contributed by atoms with van der Waals surface area (Å²) in [6.45, 7) is 1.91. The van der Waals surface area contributed by atoms with E-state index >= 15 is 0 Å². The summed E-state index contributed by atoms with van der Waals surface area (Å²) in [5.74, 6) is -8.52. The van der Waals surface area contributed by atoms with Gasteiger partial charge in [0, 0.05) is 24.9 Å². The van der Waals surface area contributed by atoms with Crippen molar-refractivity contribution < 1.29 is 31.9 Å². The van der Waals surface area contributed by atoms with E-state index < -0.39 is 71.8 Å². The first-order chi connectivity index (χ1) is 17.5. The van der Waals surface area contributed by atoms with Crippen molar-refractivity contribution >= 4 is 23.4 Å². The highest BCUT2D eigenvalue weighted by Gasteiger charge is 2.60. The van der Waals surface area contributed by atoms with Gasteiger partial charge in [-0.2, -0.15) is 5.26 Å². The molecule has 0 unspecified atom stereocenters. The number of benzene rings is 1. The molecule has 3 aliphatic heterocycles. The van der Waals surface area contributed by atoms with Crippen LogP contribution >= 0.6 is 0 Å². The van der Waals surface area contributed by atoms with Crippen LogP contribution in [0.25, 0.3) is 0 Å². The molecule has 4 fully saturated rings. The molecule has 3 N–H and O–H groups in total. The molecule has 3 saturated heterocycles. The second-order valence-electron chi connectivity index (χ2n) is 10.0. The second kappa shape index (κ2) is 10.6. The van der Waals surface area contributed by atoms with Crippen LogP contribution in [-0.4, -0.2) is 59.3 Å². The molecular weight excluding hydrogens is 494 g/mol. The minimum Gasteiger partial charge on any atom is -0.371 e. The molecule has 12 heteroatoms. The average molecular weight is 524 g/mol. The summed E-state index contributed by atoms with van der Waals surface area (Å²) in [6, 6.07) is -0.139. The maximum atomic E-state index is 14.9. The van der Waals surface area contributed by atoms with E-state index in [0.29, 0.717) is 13.0 Å². The number of carbonyl (C=O) groups is 3. The van der Waals surface area contributed by atoms with Gasteiger partial charge in [0.05, 0.1) is 17.7 Å². The van der Waals surface area contributed by atoms with Gasteiger partial charge < -0.3 is 20.9 Å². The third-order valence-electron chi connectivity index (χ3n) is 7.52. The largest absolute Gasteiger partial charge is 0.371 e. The second-order valence-corrected chi connectivity index (χ2v) is 10.0. The van der Waals surface area contributed by atoms with Gasteiger partial charge in [-0.1, -0.05) is 0 Å². The average Bonchev–Trinajstić information content (AvgIpc) is 2.85. The molecular formula is C25H29F4N5O3. The van der Waals surface area contributed by atoms with Crippen molar-refractivity contribution in [2.24, 2.45) is 11.8 Å². The first-order valence-electron chi connectivity index (χ1n) is 12.4. The summed E-state index contributed by atoms with van der Waals surface area (Å²) in [7, 11) is 0. The van der Waals surface area contributed by atoms with Gasteiger partial charge in [0.25, 0.3) is 5.92 Å². The molecule has 4 aliphatic rings. The van der Waals surface area contributed by atoms with Gasteiger partial charge in [0.2, 0.25) is 17.7 Å². The first kappa shape index (κ1) is 26.7. The summed E-state index contributed by atoms with van der Waals surface area (Å²) in [6.07, 6.45) is 0.952. The number of carbonyl (C=O) groups excluding carboxylic acids is 3. The number of rotatable bonds is 7. The molecule has 2 bridgehead atoms. The number of nitrogens with zero attached hydrogens (tertiary/aromatic N) is 2. The van der Waals surface area contributed by atoms with Gasteiger partial charge in [-0.25, -0.2) is 17.6 Å². The predicted octanol–water partition coefficient (Wildman–Crippen LogP) is 2.70. The predicted molar refractivity (Wildman–Crippen MR) is 124 cm³/mol. The lowest BCUT2D eigenvalue weighted by Gasteiger charge is -2.54. The number of nitriles is 1. The molecule has 0 radical (unpaired) electrons. The van der Waals surface area contributed by atoms with E-state index in [-0.39, 0.29) is 30.9 Å². The zero-order valence-corrected chi connectivity index (χ0v) is 20.3. The van der Waals surface area contributed by atoms with Crippen molar-refractivity contribution in [2.45, 2.75) is 75.5 Å². The Kier molecular flexibility index (Phi) is 7.62. The molecule has 37 heavy (non-hydrogen) atoms. The highest BCUT2D eigenvalue weighted by molar-refractivity contribution is 5.92. The van der Waals surface area contributed by atoms with E-state index in [1.807, 2.05) is 6.07 Å². The molecule has 3 heterocycles. The van der Waals surface area contributed by atoms with Crippen LogP contribution in [0.3, 0.4) is 0 Å². The van der Waals surface area contributed by atoms with Gasteiger partial charge in [0.1, 0.15) is 29.8 Å². The summed E-state index contributed by atoms with van der Waals surface area (Å²) in [5.41, 5.74) is -0.273. The van der Waals surface area contributed by atoms with Gasteiger partial charge >= 0.3 is 0 Å². The first-order valence-corrected chi connectivity index (χ1v) is 12.4. The Morgan fingerprint density at radius 3 is 2.70 bits per heavy atom. The van der Waals surface area contributed by atoms with E-state index in [4.69, 9.17) is 0 Å². The highest BCUT2D eigenvalue weighted by Crippen LogP contribution is 2.49. The Bertz CT molecular complexity index is 1110. The van der Waals surface area contributed by atoms with Crippen molar-refractivity contribution in [3.63, 3.8) is 0 Å². The van der Waals surface area contributed by atoms with Crippen LogP contribution in [0.5, 0.6) is 0 Å². The van der Waals surface area contributed by atoms with Crippen molar-refractivity contribution in [1.82, 2.24) is 15.5 Å². The van der Waals surface area contributed by atoms with Crippen LogP contribution in [0.1, 0.15) is 45.4 Å². The number of hydrogen-bond acceptors (Lipinski definition) is 5. The lowest BCUT2D eigenvalue weighted by atomic mass is 9.71. The van der Waals surface area contributed by atoms with Crippen LogP contribution in [0, 0.1) is 34.8 Å². The number of piperidine rings is 3. The molecule has 6 atom stereocenters. The third-order valence-corrected chi connectivity index (χ3v) is 7.52. The molecule has 0 aromatic heterocycles. The quantitative estimate of drug-likeness (QED) is 0.476.